The van der Waals surface area contributed by atoms with Crippen molar-refractivity contribution in [2.75, 3.05) is 17.8 Å². The number of nitrogens with one attached hydrogen (secondary N) is 1. The van der Waals surface area contributed by atoms with E-state index in [2.05, 4.69) is 4.72 Å². The zero-order valence-corrected chi connectivity index (χ0v) is 13.7. The second kappa shape index (κ2) is 6.60. The number of para-hydroxylation sites is 1. The average molecular weight is 348 g/mol. The van der Waals surface area contributed by atoms with Crippen molar-refractivity contribution >= 4 is 21.6 Å². The van der Waals surface area contributed by atoms with Gasteiger partial charge in [-0.1, -0.05) is 18.2 Å². The monoisotopic (exact) mass is 348 g/mol. The van der Waals surface area contributed by atoms with Crippen LogP contribution in [0, 0.1) is 5.82 Å². The fourth-order valence-corrected chi connectivity index (χ4v) is 3.80. The summed E-state index contributed by atoms with van der Waals surface area (Å²) in [5.74, 6) is -0.843. The Morgan fingerprint density at radius 3 is 2.46 bits per heavy atom. The van der Waals surface area contributed by atoms with Crippen LogP contribution in [0.25, 0.3) is 0 Å². The van der Waals surface area contributed by atoms with Crippen LogP contribution in [0.2, 0.25) is 0 Å². The predicted molar refractivity (Wildman–Crippen MR) is 88.8 cm³/mol. The smallest absolute Gasteiger partial charge is 0.262 e. The number of likely N-dealkylation sites (tertiary alicyclic amines) is 1. The highest BCUT2D eigenvalue weighted by molar-refractivity contribution is 7.92. The molecule has 0 saturated carbocycles. The number of nitrogens with zero attached hydrogens (tertiary/aromatic N) is 1. The molecule has 0 radical (unpaired) electrons. The van der Waals surface area contributed by atoms with Gasteiger partial charge in [0.15, 0.2) is 0 Å². The first-order valence-corrected chi connectivity index (χ1v) is 9.12. The largest absolute Gasteiger partial charge is 0.339 e. The number of halogens is 1. The van der Waals surface area contributed by atoms with E-state index in [4.69, 9.17) is 0 Å². The predicted octanol–water partition coefficient (Wildman–Crippen LogP) is 2.86. The molecule has 2 aromatic rings. The van der Waals surface area contributed by atoms with Crippen molar-refractivity contribution in [1.82, 2.24) is 4.90 Å². The summed E-state index contributed by atoms with van der Waals surface area (Å²) in [4.78, 5) is 14.1. The number of sulfonamides is 1. The van der Waals surface area contributed by atoms with Gasteiger partial charge in [0.1, 0.15) is 5.82 Å². The lowest BCUT2D eigenvalue weighted by molar-refractivity contribution is 0.0794. The van der Waals surface area contributed by atoms with E-state index in [9.17, 15) is 17.6 Å². The van der Waals surface area contributed by atoms with Gasteiger partial charge in [0.2, 0.25) is 0 Å². The quantitative estimate of drug-likeness (QED) is 0.924. The molecule has 1 amide bonds. The molecule has 5 nitrogen and oxygen atoms in total. The topological polar surface area (TPSA) is 66.5 Å². The van der Waals surface area contributed by atoms with Crippen LogP contribution in [0.4, 0.5) is 10.1 Å². The van der Waals surface area contributed by atoms with Crippen LogP contribution >= 0.6 is 0 Å². The molecule has 0 aromatic heterocycles. The highest BCUT2D eigenvalue weighted by Gasteiger charge is 2.24. The maximum atomic E-state index is 13.3. The van der Waals surface area contributed by atoms with Crippen molar-refractivity contribution in [1.29, 1.82) is 0 Å². The van der Waals surface area contributed by atoms with E-state index in [1.54, 1.807) is 23.1 Å². The molecule has 1 aliphatic rings. The average Bonchev–Trinajstić information content (AvgIpc) is 3.09. The summed E-state index contributed by atoms with van der Waals surface area (Å²) in [5, 5.41) is 0. The Bertz CT molecular complexity index is 862. The Balaban J connectivity index is 1.91. The van der Waals surface area contributed by atoms with Gasteiger partial charge in [0, 0.05) is 13.1 Å². The molecular formula is C17H17FN2O3S. The molecule has 1 saturated heterocycles. The Morgan fingerprint density at radius 1 is 1.04 bits per heavy atom. The third-order valence-corrected chi connectivity index (χ3v) is 5.26. The first kappa shape index (κ1) is 16.4. The molecule has 1 aliphatic heterocycles. The minimum atomic E-state index is -3.98. The van der Waals surface area contributed by atoms with E-state index in [0.717, 1.165) is 18.9 Å². The summed E-state index contributed by atoms with van der Waals surface area (Å²) in [6.45, 7) is 1.34. The number of amides is 1. The zero-order valence-electron chi connectivity index (χ0n) is 12.9. The van der Waals surface area contributed by atoms with Crippen molar-refractivity contribution < 1.29 is 17.6 Å². The van der Waals surface area contributed by atoms with Gasteiger partial charge in [-0.3, -0.25) is 9.52 Å². The van der Waals surface area contributed by atoms with E-state index in [0.29, 0.717) is 18.7 Å². The Morgan fingerprint density at radius 2 is 1.75 bits per heavy atom. The Hall–Kier alpha value is -2.41. The van der Waals surface area contributed by atoms with Crippen LogP contribution in [-0.2, 0) is 10.0 Å². The Labute approximate surface area is 140 Å². The second-order valence-electron chi connectivity index (χ2n) is 5.61. The first-order valence-electron chi connectivity index (χ1n) is 7.64. The van der Waals surface area contributed by atoms with Gasteiger partial charge in [-0.25, -0.2) is 12.8 Å². The molecule has 0 aliphatic carbocycles. The normalized spacial score (nSPS) is 14.6. The molecule has 7 heteroatoms. The lowest BCUT2D eigenvalue weighted by atomic mass is 10.1. The molecule has 0 spiro atoms. The third kappa shape index (κ3) is 3.41. The van der Waals surface area contributed by atoms with Gasteiger partial charge in [-0.2, -0.15) is 0 Å². The highest BCUT2D eigenvalue weighted by Crippen LogP contribution is 2.23. The van der Waals surface area contributed by atoms with E-state index in [-0.39, 0.29) is 16.5 Å². The third-order valence-electron chi connectivity index (χ3n) is 3.90. The van der Waals surface area contributed by atoms with Crippen LogP contribution in [0.3, 0.4) is 0 Å². The summed E-state index contributed by atoms with van der Waals surface area (Å²) in [6.07, 6.45) is 1.89. The summed E-state index contributed by atoms with van der Waals surface area (Å²) < 4.78 is 40.6. The second-order valence-corrected chi connectivity index (χ2v) is 7.29. The fraction of sp³-hybridized carbons (Fsp3) is 0.235. The van der Waals surface area contributed by atoms with Gasteiger partial charge >= 0.3 is 0 Å². The molecule has 3 rings (SSSR count). The van der Waals surface area contributed by atoms with Crippen molar-refractivity contribution in [3.63, 3.8) is 0 Å². The van der Waals surface area contributed by atoms with Crippen molar-refractivity contribution in [2.45, 2.75) is 17.7 Å². The molecule has 2 aromatic carbocycles. The van der Waals surface area contributed by atoms with Gasteiger partial charge in [-0.05, 0) is 43.2 Å². The molecule has 1 N–H and O–H groups in total. The molecule has 0 atom stereocenters. The van der Waals surface area contributed by atoms with Crippen LogP contribution in [0.5, 0.6) is 0 Å². The molecule has 0 bridgehead atoms. The SMILES string of the molecule is O=C(c1ccccc1NS(=O)(=O)c1cccc(F)c1)N1CCCC1. The first-order chi connectivity index (χ1) is 11.5. The number of anilines is 1. The number of hydrogen-bond donors (Lipinski definition) is 1. The van der Waals surface area contributed by atoms with Crippen molar-refractivity contribution in [2.24, 2.45) is 0 Å². The molecule has 126 valence electrons. The Kier molecular flexibility index (Phi) is 4.53. The van der Waals surface area contributed by atoms with Crippen LogP contribution in [0.15, 0.2) is 53.4 Å². The summed E-state index contributed by atoms with van der Waals surface area (Å²) >= 11 is 0. The number of hydrogen-bond acceptors (Lipinski definition) is 3. The van der Waals surface area contributed by atoms with Crippen LogP contribution in [0.1, 0.15) is 23.2 Å². The summed E-state index contributed by atoms with van der Waals surface area (Å²) in [6, 6.07) is 11.2. The van der Waals surface area contributed by atoms with Gasteiger partial charge < -0.3 is 4.90 Å². The zero-order chi connectivity index (χ0) is 17.2. The van der Waals surface area contributed by atoms with Gasteiger partial charge in [-0.15, -0.1) is 0 Å². The highest BCUT2D eigenvalue weighted by atomic mass is 32.2. The van der Waals surface area contributed by atoms with Gasteiger partial charge in [0.05, 0.1) is 16.1 Å². The number of carbonyl (C=O) groups excluding carboxylic acids is 1. The lowest BCUT2D eigenvalue weighted by Gasteiger charge is -2.18. The minimum absolute atomic E-state index is 0.189. The number of benzene rings is 2. The molecule has 0 unspecified atom stereocenters. The minimum Gasteiger partial charge on any atom is -0.339 e. The van der Waals surface area contributed by atoms with E-state index < -0.39 is 15.8 Å². The summed E-state index contributed by atoms with van der Waals surface area (Å²) in [5.41, 5.74) is 0.484. The molecule has 1 heterocycles. The number of rotatable bonds is 4. The summed E-state index contributed by atoms with van der Waals surface area (Å²) in [7, 11) is -3.98. The van der Waals surface area contributed by atoms with Crippen LogP contribution in [-0.4, -0.2) is 32.3 Å². The van der Waals surface area contributed by atoms with E-state index in [1.165, 1.54) is 24.3 Å². The van der Waals surface area contributed by atoms with E-state index >= 15 is 0 Å². The fourth-order valence-electron chi connectivity index (χ4n) is 2.69. The molecule has 1 fully saturated rings. The molecular weight excluding hydrogens is 331 g/mol. The number of carbonyl (C=O) groups is 1. The van der Waals surface area contributed by atoms with Gasteiger partial charge in [0.25, 0.3) is 15.9 Å². The van der Waals surface area contributed by atoms with Crippen LogP contribution < -0.4 is 4.72 Å². The maximum Gasteiger partial charge on any atom is 0.262 e. The standard InChI is InChI=1S/C17H17FN2O3S/c18-13-6-5-7-14(12-13)24(22,23)19-16-9-2-1-8-15(16)17(21)20-10-3-4-11-20/h1-2,5-9,12,19H,3-4,10-11H2. The maximum absolute atomic E-state index is 13.3. The van der Waals surface area contributed by atoms with Crippen molar-refractivity contribution in [3.05, 3.63) is 59.9 Å². The molecule has 24 heavy (non-hydrogen) atoms. The lowest BCUT2D eigenvalue weighted by Crippen LogP contribution is -2.28. The van der Waals surface area contributed by atoms with E-state index in [1.807, 2.05) is 0 Å². The van der Waals surface area contributed by atoms with Crippen molar-refractivity contribution in [3.8, 4) is 0 Å².